The highest BCUT2D eigenvalue weighted by molar-refractivity contribution is 7.99. The van der Waals surface area contributed by atoms with E-state index in [9.17, 15) is 9.59 Å². The van der Waals surface area contributed by atoms with Crippen molar-refractivity contribution < 1.29 is 19.4 Å². The quantitative estimate of drug-likeness (QED) is 0.770. The summed E-state index contributed by atoms with van der Waals surface area (Å²) < 4.78 is 5.17. The van der Waals surface area contributed by atoms with Crippen molar-refractivity contribution in [3.63, 3.8) is 0 Å². The van der Waals surface area contributed by atoms with Crippen molar-refractivity contribution in [2.45, 2.75) is 18.5 Å². The molecule has 2 fully saturated rings. The maximum atomic E-state index is 12.0. The molecule has 3 unspecified atom stereocenters. The van der Waals surface area contributed by atoms with Gasteiger partial charge in [0.05, 0.1) is 19.3 Å². The van der Waals surface area contributed by atoms with Crippen LogP contribution in [0.2, 0.25) is 0 Å². The van der Waals surface area contributed by atoms with Crippen LogP contribution in [0.5, 0.6) is 0 Å². The average Bonchev–Trinajstić information content (AvgIpc) is 2.97. The minimum Gasteiger partial charge on any atom is -0.481 e. The molecule has 0 spiro atoms. The first-order valence-corrected chi connectivity index (χ1v) is 7.16. The molecule has 18 heavy (non-hydrogen) atoms. The number of nitrogens with one attached hydrogen (secondary N) is 1. The van der Waals surface area contributed by atoms with Crippen molar-refractivity contribution in [3.8, 4) is 0 Å². The van der Waals surface area contributed by atoms with Crippen LogP contribution in [-0.4, -0.2) is 65.9 Å². The Balaban J connectivity index is 1.90. The number of carbonyl (C=O) groups excluding carboxylic acids is 1. The third-order valence-electron chi connectivity index (χ3n) is 3.44. The van der Waals surface area contributed by atoms with Gasteiger partial charge in [0.15, 0.2) is 0 Å². The van der Waals surface area contributed by atoms with E-state index >= 15 is 0 Å². The summed E-state index contributed by atoms with van der Waals surface area (Å²) in [4.78, 5) is 24.5. The molecule has 2 aliphatic rings. The molecule has 0 aromatic carbocycles. The summed E-state index contributed by atoms with van der Waals surface area (Å²) in [5.41, 5.74) is 0. The summed E-state index contributed by atoms with van der Waals surface area (Å²) in [6.07, 6.45) is 0.980. The maximum absolute atomic E-state index is 12.0. The second-order valence-corrected chi connectivity index (χ2v) is 5.82. The number of rotatable bonds is 3. The molecule has 2 saturated heterocycles. The van der Waals surface area contributed by atoms with E-state index in [1.54, 1.807) is 7.05 Å². The summed E-state index contributed by atoms with van der Waals surface area (Å²) in [6.45, 7) is 0.469. The molecule has 0 aromatic rings. The van der Waals surface area contributed by atoms with Gasteiger partial charge in [-0.3, -0.25) is 4.79 Å². The maximum Gasteiger partial charge on any atom is 0.317 e. The number of carbonyl (C=O) groups is 2. The summed E-state index contributed by atoms with van der Waals surface area (Å²) in [5, 5.41) is 12.0. The molecular weight excluding hydrogens is 256 g/mol. The summed E-state index contributed by atoms with van der Waals surface area (Å²) in [6, 6.07) is -0.378. The number of ether oxygens (including phenoxy) is 1. The zero-order valence-corrected chi connectivity index (χ0v) is 11.1. The lowest BCUT2D eigenvalue weighted by Gasteiger charge is -2.27. The molecule has 6 nitrogen and oxygen atoms in total. The van der Waals surface area contributed by atoms with Crippen LogP contribution in [0.4, 0.5) is 4.79 Å². The largest absolute Gasteiger partial charge is 0.481 e. The summed E-state index contributed by atoms with van der Waals surface area (Å²) in [5.74, 6) is 0.467. The summed E-state index contributed by atoms with van der Waals surface area (Å²) >= 11 is 1.82. The van der Waals surface area contributed by atoms with Gasteiger partial charge in [0.2, 0.25) is 0 Å². The van der Waals surface area contributed by atoms with Crippen LogP contribution in [0.25, 0.3) is 0 Å². The third kappa shape index (κ3) is 2.89. The number of urea groups is 1. The van der Waals surface area contributed by atoms with E-state index in [1.165, 1.54) is 4.90 Å². The van der Waals surface area contributed by atoms with Gasteiger partial charge in [0.1, 0.15) is 5.92 Å². The van der Waals surface area contributed by atoms with Crippen LogP contribution < -0.4 is 5.32 Å². The van der Waals surface area contributed by atoms with Crippen LogP contribution in [0.3, 0.4) is 0 Å². The fourth-order valence-corrected chi connectivity index (χ4v) is 3.39. The van der Waals surface area contributed by atoms with Crippen LogP contribution in [0.1, 0.15) is 6.42 Å². The highest BCUT2D eigenvalue weighted by atomic mass is 32.2. The molecular formula is C11H18N2O4S. The average molecular weight is 274 g/mol. The van der Waals surface area contributed by atoms with Crippen molar-refractivity contribution in [3.05, 3.63) is 0 Å². The molecule has 0 bridgehead atoms. The monoisotopic (exact) mass is 274 g/mol. The first kappa shape index (κ1) is 13.5. The molecule has 2 heterocycles. The molecule has 0 saturated carbocycles. The third-order valence-corrected chi connectivity index (χ3v) is 4.61. The SMILES string of the molecule is CN(C(=O)NC1CCSC1)C1COCC1C(=O)O. The standard InChI is InChI=1S/C11H18N2O4S/c1-13(9-5-17-4-8(9)10(14)15)11(16)12-7-2-3-18-6-7/h7-9H,2-6H2,1H3,(H,12,16)(H,14,15). The van der Waals surface area contributed by atoms with Gasteiger partial charge in [0, 0.05) is 18.8 Å². The number of nitrogens with zero attached hydrogens (tertiary/aromatic N) is 1. The van der Waals surface area contributed by atoms with E-state index < -0.39 is 11.9 Å². The van der Waals surface area contributed by atoms with Crippen LogP contribution in [-0.2, 0) is 9.53 Å². The normalized spacial score (nSPS) is 31.3. The van der Waals surface area contributed by atoms with Crippen LogP contribution in [0.15, 0.2) is 0 Å². The van der Waals surface area contributed by atoms with Crippen molar-refractivity contribution in [1.82, 2.24) is 10.2 Å². The Kier molecular flexibility index (Phi) is 4.34. The Labute approximate surface area is 110 Å². The number of amides is 2. The van der Waals surface area contributed by atoms with Crippen molar-refractivity contribution in [1.29, 1.82) is 0 Å². The molecule has 0 aliphatic carbocycles. The number of hydrogen-bond acceptors (Lipinski definition) is 4. The molecule has 0 radical (unpaired) electrons. The first-order chi connectivity index (χ1) is 8.59. The van der Waals surface area contributed by atoms with Crippen molar-refractivity contribution in [2.24, 2.45) is 5.92 Å². The van der Waals surface area contributed by atoms with Gasteiger partial charge in [-0.25, -0.2) is 4.79 Å². The summed E-state index contributed by atoms with van der Waals surface area (Å²) in [7, 11) is 1.63. The lowest BCUT2D eigenvalue weighted by Crippen LogP contribution is -2.50. The Morgan fingerprint density at radius 3 is 2.83 bits per heavy atom. The van der Waals surface area contributed by atoms with E-state index in [0.29, 0.717) is 6.61 Å². The smallest absolute Gasteiger partial charge is 0.317 e. The predicted octanol–water partition coefficient (Wildman–Crippen LogP) is 0.233. The van der Waals surface area contributed by atoms with Crippen LogP contribution >= 0.6 is 11.8 Å². The first-order valence-electron chi connectivity index (χ1n) is 6.01. The molecule has 3 atom stereocenters. The Morgan fingerprint density at radius 1 is 1.44 bits per heavy atom. The van der Waals surface area contributed by atoms with E-state index in [-0.39, 0.29) is 24.7 Å². The molecule has 7 heteroatoms. The number of thioether (sulfide) groups is 1. The lowest BCUT2D eigenvalue weighted by atomic mass is 10.0. The number of hydrogen-bond donors (Lipinski definition) is 2. The zero-order chi connectivity index (χ0) is 13.1. The van der Waals surface area contributed by atoms with Crippen LogP contribution in [0, 0.1) is 5.92 Å². The van der Waals surface area contributed by atoms with Gasteiger partial charge in [-0.1, -0.05) is 0 Å². The van der Waals surface area contributed by atoms with Gasteiger partial charge in [-0.2, -0.15) is 11.8 Å². The van der Waals surface area contributed by atoms with E-state index in [0.717, 1.165) is 17.9 Å². The van der Waals surface area contributed by atoms with Gasteiger partial charge in [-0.15, -0.1) is 0 Å². The number of carboxylic acids is 1. The molecule has 2 aliphatic heterocycles. The van der Waals surface area contributed by atoms with Gasteiger partial charge < -0.3 is 20.1 Å². The second kappa shape index (κ2) is 5.79. The second-order valence-electron chi connectivity index (χ2n) is 4.67. The minimum atomic E-state index is -0.909. The van der Waals surface area contributed by atoms with Crippen molar-refractivity contribution in [2.75, 3.05) is 31.8 Å². The molecule has 2 rings (SSSR count). The topological polar surface area (TPSA) is 78.9 Å². The van der Waals surface area contributed by atoms with Gasteiger partial charge in [-0.05, 0) is 12.2 Å². The number of carboxylic acid groups (broad SMARTS) is 1. The highest BCUT2D eigenvalue weighted by Crippen LogP contribution is 2.20. The Bertz CT molecular complexity index is 333. The fourth-order valence-electron chi connectivity index (χ4n) is 2.24. The highest BCUT2D eigenvalue weighted by Gasteiger charge is 2.38. The van der Waals surface area contributed by atoms with E-state index in [2.05, 4.69) is 5.32 Å². The van der Waals surface area contributed by atoms with E-state index in [1.807, 2.05) is 11.8 Å². The molecule has 2 amide bonds. The molecule has 2 N–H and O–H groups in total. The number of likely N-dealkylation sites (N-methyl/N-ethyl adjacent to an activating group) is 1. The van der Waals surface area contributed by atoms with Gasteiger partial charge >= 0.3 is 12.0 Å². The Hall–Kier alpha value is -0.950. The molecule has 102 valence electrons. The fraction of sp³-hybridized carbons (Fsp3) is 0.818. The van der Waals surface area contributed by atoms with Crippen molar-refractivity contribution >= 4 is 23.8 Å². The predicted molar refractivity (Wildman–Crippen MR) is 67.8 cm³/mol. The van der Waals surface area contributed by atoms with E-state index in [4.69, 9.17) is 9.84 Å². The minimum absolute atomic E-state index is 0.177. The molecule has 0 aromatic heterocycles. The van der Waals surface area contributed by atoms with Gasteiger partial charge in [0.25, 0.3) is 0 Å². The zero-order valence-electron chi connectivity index (χ0n) is 10.3. The lowest BCUT2D eigenvalue weighted by molar-refractivity contribution is -0.142. The number of aliphatic carboxylic acids is 1. The Morgan fingerprint density at radius 2 is 2.22 bits per heavy atom.